The highest BCUT2D eigenvalue weighted by Gasteiger charge is 2.23. The van der Waals surface area contributed by atoms with Gasteiger partial charge in [0.1, 0.15) is 11.5 Å². The number of likely N-dealkylation sites (tertiary alicyclic amines) is 1. The van der Waals surface area contributed by atoms with Crippen LogP contribution in [-0.2, 0) is 0 Å². The second-order valence-corrected chi connectivity index (χ2v) is 5.47. The molecule has 2 N–H and O–H groups in total. The lowest BCUT2D eigenvalue weighted by molar-refractivity contribution is 0.0936. The van der Waals surface area contributed by atoms with Gasteiger partial charge in [-0.1, -0.05) is 19.9 Å². The summed E-state index contributed by atoms with van der Waals surface area (Å²) in [5.74, 6) is 0.679. The van der Waals surface area contributed by atoms with E-state index in [1.807, 2.05) is 12.1 Å². The average molecular weight is 290 g/mol. The van der Waals surface area contributed by atoms with Gasteiger partial charge in [0.25, 0.3) is 5.91 Å². The van der Waals surface area contributed by atoms with Gasteiger partial charge in [-0.25, -0.2) is 4.98 Å². The van der Waals surface area contributed by atoms with Crippen molar-refractivity contribution >= 4 is 11.7 Å². The number of carbonyl (C=O) groups excluding carboxylic acids is 1. The number of likely N-dealkylation sites (N-methyl/N-ethyl adjacent to an activating group) is 1. The van der Waals surface area contributed by atoms with E-state index in [1.165, 1.54) is 12.8 Å². The predicted molar refractivity (Wildman–Crippen MR) is 85.6 cm³/mol. The van der Waals surface area contributed by atoms with Crippen molar-refractivity contribution in [2.24, 2.45) is 0 Å². The number of pyridine rings is 1. The van der Waals surface area contributed by atoms with Crippen molar-refractivity contribution in [2.75, 3.05) is 31.5 Å². The lowest BCUT2D eigenvalue weighted by Crippen LogP contribution is -2.40. The maximum atomic E-state index is 12.2. The third-order valence-electron chi connectivity index (χ3n) is 3.94. The van der Waals surface area contributed by atoms with Crippen molar-refractivity contribution in [3.05, 3.63) is 23.9 Å². The summed E-state index contributed by atoms with van der Waals surface area (Å²) in [6.07, 6.45) is 3.43. The van der Waals surface area contributed by atoms with Crippen LogP contribution in [0.15, 0.2) is 18.2 Å². The second kappa shape index (κ2) is 7.98. The van der Waals surface area contributed by atoms with Crippen LogP contribution in [0.4, 0.5) is 5.82 Å². The van der Waals surface area contributed by atoms with Gasteiger partial charge in [0, 0.05) is 19.1 Å². The van der Waals surface area contributed by atoms with E-state index in [-0.39, 0.29) is 5.91 Å². The SMILES string of the molecule is CCCNc1cccc(C(=O)NCC2CCCN2CC)n1. The highest BCUT2D eigenvalue weighted by molar-refractivity contribution is 5.92. The van der Waals surface area contributed by atoms with Crippen molar-refractivity contribution in [1.82, 2.24) is 15.2 Å². The largest absolute Gasteiger partial charge is 0.370 e. The number of amides is 1. The monoisotopic (exact) mass is 290 g/mol. The van der Waals surface area contributed by atoms with Crippen LogP contribution in [0.1, 0.15) is 43.6 Å². The first-order valence-electron chi connectivity index (χ1n) is 7.97. The molecule has 0 spiro atoms. The smallest absolute Gasteiger partial charge is 0.270 e. The first-order valence-corrected chi connectivity index (χ1v) is 7.97. The minimum atomic E-state index is -0.0851. The van der Waals surface area contributed by atoms with E-state index in [2.05, 4.69) is 34.4 Å². The molecule has 1 aromatic heterocycles. The molecule has 2 heterocycles. The molecule has 5 heteroatoms. The zero-order valence-corrected chi connectivity index (χ0v) is 13.1. The van der Waals surface area contributed by atoms with E-state index >= 15 is 0 Å². The molecule has 1 aliphatic heterocycles. The summed E-state index contributed by atoms with van der Waals surface area (Å²) in [6.45, 7) is 8.04. The molecule has 2 rings (SSSR count). The third kappa shape index (κ3) is 4.43. The predicted octanol–water partition coefficient (Wildman–Crippen LogP) is 2.12. The molecule has 116 valence electrons. The Morgan fingerprint density at radius 2 is 2.29 bits per heavy atom. The zero-order chi connectivity index (χ0) is 15.1. The molecule has 0 bridgehead atoms. The molecule has 0 aliphatic carbocycles. The highest BCUT2D eigenvalue weighted by atomic mass is 16.1. The van der Waals surface area contributed by atoms with Crippen LogP contribution in [0.2, 0.25) is 0 Å². The Kier molecular flexibility index (Phi) is 5.99. The van der Waals surface area contributed by atoms with Gasteiger partial charge in [-0.3, -0.25) is 9.69 Å². The van der Waals surface area contributed by atoms with Gasteiger partial charge in [0.2, 0.25) is 0 Å². The lowest BCUT2D eigenvalue weighted by atomic mass is 10.2. The molecule has 0 aromatic carbocycles. The fourth-order valence-corrected chi connectivity index (χ4v) is 2.76. The maximum Gasteiger partial charge on any atom is 0.270 e. The molecule has 21 heavy (non-hydrogen) atoms. The second-order valence-electron chi connectivity index (χ2n) is 5.47. The molecule has 0 radical (unpaired) electrons. The normalized spacial score (nSPS) is 18.7. The average Bonchev–Trinajstić information content (AvgIpc) is 2.98. The Morgan fingerprint density at radius 1 is 1.43 bits per heavy atom. The molecule has 1 amide bonds. The molecule has 1 atom stereocenters. The van der Waals surface area contributed by atoms with Crippen molar-refractivity contribution in [3.63, 3.8) is 0 Å². The Labute approximate surface area is 127 Å². The topological polar surface area (TPSA) is 57.3 Å². The summed E-state index contributed by atoms with van der Waals surface area (Å²) in [7, 11) is 0. The molecule has 0 saturated carbocycles. The summed E-state index contributed by atoms with van der Waals surface area (Å²) in [5.41, 5.74) is 0.483. The third-order valence-corrected chi connectivity index (χ3v) is 3.94. The molecule has 1 aliphatic rings. The summed E-state index contributed by atoms with van der Waals surface area (Å²) < 4.78 is 0. The molecule has 5 nitrogen and oxygen atoms in total. The summed E-state index contributed by atoms with van der Waals surface area (Å²) in [4.78, 5) is 19.0. The van der Waals surface area contributed by atoms with Crippen molar-refractivity contribution < 1.29 is 4.79 Å². The van der Waals surface area contributed by atoms with E-state index in [0.29, 0.717) is 18.3 Å². The van der Waals surface area contributed by atoms with Crippen LogP contribution in [0.25, 0.3) is 0 Å². The lowest BCUT2D eigenvalue weighted by Gasteiger charge is -2.22. The van der Waals surface area contributed by atoms with Gasteiger partial charge in [-0.2, -0.15) is 0 Å². The van der Waals surface area contributed by atoms with Crippen molar-refractivity contribution in [2.45, 2.75) is 39.2 Å². The van der Waals surface area contributed by atoms with Gasteiger partial charge in [0.15, 0.2) is 0 Å². The Hall–Kier alpha value is -1.62. The van der Waals surface area contributed by atoms with Gasteiger partial charge < -0.3 is 10.6 Å². The molecule has 1 unspecified atom stereocenters. The number of carbonyl (C=O) groups is 1. The van der Waals surface area contributed by atoms with Crippen LogP contribution in [-0.4, -0.2) is 48.0 Å². The fourth-order valence-electron chi connectivity index (χ4n) is 2.76. The van der Waals surface area contributed by atoms with Gasteiger partial charge in [-0.15, -0.1) is 0 Å². The van der Waals surface area contributed by atoms with Crippen LogP contribution in [0, 0.1) is 0 Å². The van der Waals surface area contributed by atoms with E-state index < -0.39 is 0 Å². The fraction of sp³-hybridized carbons (Fsp3) is 0.625. The minimum absolute atomic E-state index is 0.0851. The first kappa shape index (κ1) is 15.8. The summed E-state index contributed by atoms with van der Waals surface area (Å²) in [5, 5.41) is 6.22. The molecule has 1 fully saturated rings. The quantitative estimate of drug-likeness (QED) is 0.807. The summed E-state index contributed by atoms with van der Waals surface area (Å²) >= 11 is 0. The van der Waals surface area contributed by atoms with Crippen molar-refractivity contribution in [3.8, 4) is 0 Å². The number of aromatic nitrogens is 1. The molecule has 1 aromatic rings. The Morgan fingerprint density at radius 3 is 3.05 bits per heavy atom. The van der Waals surface area contributed by atoms with Gasteiger partial charge in [0.05, 0.1) is 0 Å². The van der Waals surface area contributed by atoms with E-state index in [1.54, 1.807) is 6.07 Å². The zero-order valence-electron chi connectivity index (χ0n) is 13.1. The summed E-state index contributed by atoms with van der Waals surface area (Å²) in [6, 6.07) is 6.00. The van der Waals surface area contributed by atoms with Crippen LogP contribution in [0.3, 0.4) is 0 Å². The Balaban J connectivity index is 1.88. The number of nitrogens with one attached hydrogen (secondary N) is 2. The maximum absolute atomic E-state index is 12.2. The Bertz CT molecular complexity index is 463. The van der Waals surface area contributed by atoms with Crippen LogP contribution >= 0.6 is 0 Å². The van der Waals surface area contributed by atoms with Crippen LogP contribution in [0.5, 0.6) is 0 Å². The highest BCUT2D eigenvalue weighted by Crippen LogP contribution is 2.15. The number of anilines is 1. The van der Waals surface area contributed by atoms with Gasteiger partial charge in [-0.05, 0) is 44.5 Å². The number of hydrogen-bond acceptors (Lipinski definition) is 4. The molecular weight excluding hydrogens is 264 g/mol. The minimum Gasteiger partial charge on any atom is -0.370 e. The number of nitrogens with zero attached hydrogens (tertiary/aromatic N) is 2. The van der Waals surface area contributed by atoms with Crippen molar-refractivity contribution in [1.29, 1.82) is 0 Å². The van der Waals surface area contributed by atoms with E-state index in [9.17, 15) is 4.79 Å². The van der Waals surface area contributed by atoms with E-state index in [4.69, 9.17) is 0 Å². The van der Waals surface area contributed by atoms with E-state index in [0.717, 1.165) is 31.9 Å². The van der Waals surface area contributed by atoms with Gasteiger partial charge >= 0.3 is 0 Å². The molecule has 1 saturated heterocycles. The number of rotatable bonds is 7. The molecular formula is C16H26N4O. The number of hydrogen-bond donors (Lipinski definition) is 2. The van der Waals surface area contributed by atoms with Crippen LogP contribution < -0.4 is 10.6 Å². The standard InChI is InChI=1S/C16H26N4O/c1-3-10-17-15-9-5-8-14(19-15)16(21)18-12-13-7-6-11-20(13)4-2/h5,8-9,13H,3-4,6-7,10-12H2,1-2H3,(H,17,19)(H,18,21). The first-order chi connectivity index (χ1) is 10.2.